The largest absolute Gasteiger partial charge is 0.542 e. The van der Waals surface area contributed by atoms with Crippen molar-refractivity contribution >= 4 is 45.1 Å². The van der Waals surface area contributed by atoms with E-state index in [1.54, 1.807) is 14.2 Å². The third-order valence-electron chi connectivity index (χ3n) is 8.60. The molecule has 0 spiro atoms. The Kier molecular flexibility index (Phi) is 13.9. The third kappa shape index (κ3) is 11.2. The number of hydrogen-bond donors (Lipinski definition) is 2. The van der Waals surface area contributed by atoms with E-state index in [1.807, 2.05) is 12.1 Å². The van der Waals surface area contributed by atoms with Crippen molar-refractivity contribution in [3.8, 4) is 11.5 Å². The normalized spacial score (nSPS) is 12.4. The predicted molar refractivity (Wildman–Crippen MR) is 193 cm³/mol. The van der Waals surface area contributed by atoms with Crippen LogP contribution >= 0.6 is 0 Å². The quantitative estimate of drug-likeness (QED) is 0.197. The minimum atomic E-state index is -5.19. The van der Waals surface area contributed by atoms with Gasteiger partial charge in [-0.25, -0.2) is 0 Å². The molecule has 4 aliphatic heterocycles. The fourth-order valence-electron chi connectivity index (χ4n) is 5.86. The van der Waals surface area contributed by atoms with Crippen LogP contribution in [0.25, 0.3) is 21.8 Å². The van der Waals surface area contributed by atoms with E-state index in [4.69, 9.17) is 29.3 Å². The number of hydrogen-bond acceptors (Lipinski definition) is 8. The maximum absolute atomic E-state index is 10.5. The summed E-state index contributed by atoms with van der Waals surface area (Å²) in [5, 5.41) is 27.2. The van der Waals surface area contributed by atoms with Crippen molar-refractivity contribution in [1.29, 1.82) is 0 Å². The van der Waals surface area contributed by atoms with Crippen LogP contribution in [0.3, 0.4) is 0 Å². The van der Waals surface area contributed by atoms with Gasteiger partial charge in [-0.05, 0) is 41.5 Å². The van der Waals surface area contributed by atoms with E-state index >= 15 is 0 Å². The molecule has 4 aliphatic rings. The van der Waals surface area contributed by atoms with Gasteiger partial charge >= 0.3 is 12.4 Å². The minimum absolute atomic E-state index is 0. The molecule has 17 heteroatoms. The van der Waals surface area contributed by atoms with Gasteiger partial charge in [-0.3, -0.25) is 0 Å². The topological polar surface area (TPSA) is 162 Å². The second-order valence-electron chi connectivity index (χ2n) is 12.4. The highest BCUT2D eigenvalue weighted by Crippen LogP contribution is 2.28. The lowest BCUT2D eigenvalue weighted by molar-refractivity contribution is -0.663. The van der Waals surface area contributed by atoms with Crippen molar-refractivity contribution in [1.82, 2.24) is 0 Å². The molecule has 57 heavy (non-hydrogen) atoms. The number of alkyl halides is 6. The van der Waals surface area contributed by atoms with E-state index in [1.165, 1.54) is 22.3 Å². The average Bonchev–Trinajstić information content (AvgIpc) is 3.17. The Morgan fingerprint density at radius 1 is 0.579 bits per heavy atom. The zero-order valence-corrected chi connectivity index (χ0v) is 30.3. The van der Waals surface area contributed by atoms with Gasteiger partial charge < -0.3 is 45.4 Å². The van der Waals surface area contributed by atoms with Crippen LogP contribution in [0.5, 0.6) is 11.5 Å². The van der Waals surface area contributed by atoms with Crippen molar-refractivity contribution in [2.75, 3.05) is 24.9 Å². The summed E-state index contributed by atoms with van der Waals surface area (Å²) in [5.41, 5.74) is 9.45. The van der Waals surface area contributed by atoms with Gasteiger partial charge in [0.1, 0.15) is 23.4 Å². The molecule has 0 aliphatic carbocycles. The standard InChI is InChI=1S/C36H32N4O2.2C2HF3O2.H2O/c1-41-29-10-12-35-31(19-29)33-14-16-39(35)23-27-4-3-5-28(18-27)24-40-17-15-34(32-20-30(42-2)11-13-36(32)40)38-22-26-8-6-25(7-9-26)21-37-33;2*3-2(4,5)1(6)7;/h3-20H,21-24H2,1-2H3;2*(H,6,7);1H2. The highest BCUT2D eigenvalue weighted by atomic mass is 19.4. The SMILES string of the molecule is COc1ccc2c(c1)c1cc[n+]2Cc2cccc(c2)C[n+]2ccc(c3cc(OC)ccc32)NCc2ccc(cc2)CN1.O.O=C([O-])C(F)(F)F.O=C([O-])C(F)(F)F. The number of carboxylic acid groups (broad SMARTS) is 2. The number of methoxy groups -OCH3 is 2. The molecule has 0 unspecified atom stereocenters. The van der Waals surface area contributed by atoms with Crippen molar-refractivity contribution in [2.24, 2.45) is 0 Å². The number of aromatic nitrogens is 2. The molecule has 0 saturated carbocycles. The van der Waals surface area contributed by atoms with Crippen molar-refractivity contribution in [2.45, 2.75) is 38.5 Å². The lowest BCUT2D eigenvalue weighted by Gasteiger charge is -2.12. The van der Waals surface area contributed by atoms with E-state index in [0.717, 1.165) is 70.9 Å². The average molecular weight is 799 g/mol. The molecule has 4 N–H and O–H groups in total. The zero-order valence-electron chi connectivity index (χ0n) is 30.3. The van der Waals surface area contributed by atoms with Gasteiger partial charge in [-0.15, -0.1) is 0 Å². The van der Waals surface area contributed by atoms with E-state index in [-0.39, 0.29) is 5.48 Å². The number of halogens is 6. The molecule has 11 nitrogen and oxygen atoms in total. The van der Waals surface area contributed by atoms with E-state index < -0.39 is 24.3 Å². The minimum Gasteiger partial charge on any atom is -0.542 e. The van der Waals surface area contributed by atoms with Gasteiger partial charge in [0.2, 0.25) is 11.0 Å². The number of rotatable bonds is 2. The number of pyridine rings is 2. The number of nitrogens with one attached hydrogen (secondary N) is 2. The highest BCUT2D eigenvalue weighted by Gasteiger charge is 2.29. The Bertz CT molecular complexity index is 2190. The first-order valence-corrected chi connectivity index (χ1v) is 16.8. The summed E-state index contributed by atoms with van der Waals surface area (Å²) in [6.45, 7) is 3.00. The molecule has 6 heterocycles. The maximum Gasteiger partial charge on any atom is 0.430 e. The monoisotopic (exact) mass is 798 g/mol. The molecule has 6 aromatic rings. The van der Waals surface area contributed by atoms with Crippen molar-refractivity contribution in [3.63, 3.8) is 0 Å². The van der Waals surface area contributed by atoms with Crippen LogP contribution in [-0.4, -0.2) is 44.0 Å². The van der Waals surface area contributed by atoms with Crippen LogP contribution in [0.2, 0.25) is 0 Å². The van der Waals surface area contributed by atoms with Crippen LogP contribution in [0.15, 0.2) is 109 Å². The maximum atomic E-state index is 10.5. The van der Waals surface area contributed by atoms with Gasteiger partial charge in [0.05, 0.1) is 36.4 Å². The fraction of sp³-hybridized carbons (Fsp3) is 0.200. The van der Waals surface area contributed by atoms with Crippen LogP contribution in [0.1, 0.15) is 22.3 Å². The summed E-state index contributed by atoms with van der Waals surface area (Å²) in [4.78, 5) is 17.6. The van der Waals surface area contributed by atoms with Crippen LogP contribution < -0.4 is 39.5 Å². The molecular formula is C40H36F6N4O7. The Hall–Kier alpha value is -6.62. The predicted octanol–water partition coefficient (Wildman–Crippen LogP) is 3.99. The Labute approximate surface area is 321 Å². The molecule has 0 amide bonds. The van der Waals surface area contributed by atoms with Crippen LogP contribution in [0.4, 0.5) is 37.7 Å². The molecule has 0 fully saturated rings. The van der Waals surface area contributed by atoms with Gasteiger partial charge in [0, 0.05) is 48.5 Å². The summed E-state index contributed by atoms with van der Waals surface area (Å²) < 4.78 is 78.9. The first-order chi connectivity index (χ1) is 26.5. The van der Waals surface area contributed by atoms with Gasteiger partial charge in [-0.2, -0.15) is 35.5 Å². The lowest BCUT2D eigenvalue weighted by Crippen LogP contribution is -2.37. The number of ether oxygens (including phenoxy) is 2. The van der Waals surface area contributed by atoms with Gasteiger partial charge in [0.25, 0.3) is 0 Å². The molecule has 0 saturated heterocycles. The molecule has 10 rings (SSSR count). The Balaban J connectivity index is 0.000000413. The molecule has 8 bridgehead atoms. The number of carboxylic acids is 2. The molecular weight excluding hydrogens is 762 g/mol. The second-order valence-corrected chi connectivity index (χ2v) is 12.4. The summed E-state index contributed by atoms with van der Waals surface area (Å²) in [7, 11) is 3.44. The van der Waals surface area contributed by atoms with Crippen molar-refractivity contribution < 1.29 is 70.2 Å². The number of benzene rings is 4. The van der Waals surface area contributed by atoms with E-state index in [9.17, 15) is 26.3 Å². The first kappa shape index (κ1) is 43.1. The second kappa shape index (κ2) is 18.3. The number of carbonyl (C=O) groups excluding carboxylic acids is 2. The van der Waals surface area contributed by atoms with Gasteiger partial charge in [-0.1, -0.05) is 42.5 Å². The van der Waals surface area contributed by atoms with Crippen LogP contribution in [-0.2, 0) is 35.8 Å². The Morgan fingerprint density at radius 3 is 1.28 bits per heavy atom. The summed E-state index contributed by atoms with van der Waals surface area (Å²) in [6.07, 6.45) is -6.04. The number of aliphatic carboxylic acids is 2. The zero-order chi connectivity index (χ0) is 40.6. The van der Waals surface area contributed by atoms with E-state index in [2.05, 4.69) is 117 Å². The summed E-state index contributed by atoms with van der Waals surface area (Å²) >= 11 is 0. The number of nitrogens with zero attached hydrogens (tertiary/aromatic N) is 2. The third-order valence-corrected chi connectivity index (χ3v) is 8.60. The molecule has 2 aromatic heterocycles. The Morgan fingerprint density at radius 2 is 0.947 bits per heavy atom. The first-order valence-electron chi connectivity index (χ1n) is 16.8. The number of fused-ring (bicyclic) bond motifs is 1. The highest BCUT2D eigenvalue weighted by molar-refractivity contribution is 5.91. The lowest BCUT2D eigenvalue weighted by atomic mass is 10.1. The summed E-state index contributed by atoms with van der Waals surface area (Å²) in [5.74, 6) is -4.32. The fourth-order valence-corrected chi connectivity index (χ4v) is 5.86. The van der Waals surface area contributed by atoms with E-state index in [0.29, 0.717) is 0 Å². The number of carbonyl (C=O) groups is 2. The van der Waals surface area contributed by atoms with Crippen molar-refractivity contribution in [3.05, 3.63) is 132 Å². The molecule has 4 aromatic carbocycles. The molecule has 0 atom stereocenters. The molecule has 300 valence electrons. The molecule has 0 radical (unpaired) electrons. The summed E-state index contributed by atoms with van der Waals surface area (Å²) in [6, 6.07) is 34.6. The van der Waals surface area contributed by atoms with Gasteiger partial charge in [0.15, 0.2) is 25.5 Å². The smallest absolute Gasteiger partial charge is 0.430 e. The van der Waals surface area contributed by atoms with Crippen LogP contribution in [0, 0.1) is 0 Å². The number of anilines is 2.